The largest absolute Gasteiger partial charge is 0.439 e. The van der Waals surface area contributed by atoms with Crippen molar-refractivity contribution < 1.29 is 22.1 Å². The standard InChI is InChI=1S/C31H44N3O4S/c1-33(2)39(35,36)29-17-15-26(16-18-29)24-37-20-19-34(3,4)23-28-22-32-31(38-28)30(27-13-9-6-10-14-27)21-25-11-7-5-8-12-25/h6,9-10,13-18,22,25,30H,5,7-8,11-12,19-21,23-24H2,1-4H3/q+1. The Labute approximate surface area is 234 Å². The molecular weight excluding hydrogens is 510 g/mol. The molecule has 0 aliphatic heterocycles. The first-order valence-corrected chi connectivity index (χ1v) is 15.5. The molecule has 8 heteroatoms. The highest BCUT2D eigenvalue weighted by Crippen LogP contribution is 2.36. The average Bonchev–Trinajstić information content (AvgIpc) is 3.38. The Morgan fingerprint density at radius 1 is 1.03 bits per heavy atom. The molecule has 4 rings (SSSR count). The van der Waals surface area contributed by atoms with E-state index in [9.17, 15) is 8.42 Å². The topological polar surface area (TPSA) is 72.6 Å². The molecule has 1 heterocycles. The Kier molecular flexibility index (Phi) is 9.99. The van der Waals surface area contributed by atoms with Crippen molar-refractivity contribution in [2.24, 2.45) is 5.92 Å². The van der Waals surface area contributed by atoms with E-state index in [0.717, 1.165) is 42.6 Å². The molecule has 0 saturated heterocycles. The number of quaternary nitrogens is 1. The number of likely N-dealkylation sites (N-methyl/N-ethyl adjacent to an activating group) is 1. The molecule has 39 heavy (non-hydrogen) atoms. The summed E-state index contributed by atoms with van der Waals surface area (Å²) in [5.41, 5.74) is 2.23. The van der Waals surface area contributed by atoms with Gasteiger partial charge in [0.15, 0.2) is 5.76 Å². The molecule has 0 N–H and O–H groups in total. The second kappa shape index (κ2) is 13.2. The Morgan fingerprint density at radius 2 is 1.72 bits per heavy atom. The van der Waals surface area contributed by atoms with Crippen molar-refractivity contribution in [1.29, 1.82) is 0 Å². The molecule has 3 aromatic rings. The van der Waals surface area contributed by atoms with E-state index in [1.165, 1.54) is 56.1 Å². The second-order valence-corrected chi connectivity index (χ2v) is 13.8. The number of sulfonamides is 1. The van der Waals surface area contributed by atoms with E-state index in [-0.39, 0.29) is 10.8 Å². The molecule has 7 nitrogen and oxygen atoms in total. The average molecular weight is 555 g/mol. The fraction of sp³-hybridized carbons (Fsp3) is 0.516. The first-order valence-electron chi connectivity index (χ1n) is 14.0. The fourth-order valence-corrected chi connectivity index (χ4v) is 6.25. The summed E-state index contributed by atoms with van der Waals surface area (Å²) >= 11 is 0. The van der Waals surface area contributed by atoms with Crippen LogP contribution in [0.1, 0.15) is 67.2 Å². The molecular formula is C31H44N3O4S+. The molecule has 1 unspecified atom stereocenters. The van der Waals surface area contributed by atoms with Gasteiger partial charge in [-0.3, -0.25) is 0 Å². The zero-order valence-electron chi connectivity index (χ0n) is 23.9. The zero-order valence-corrected chi connectivity index (χ0v) is 24.7. The minimum Gasteiger partial charge on any atom is -0.439 e. The minimum atomic E-state index is -3.42. The Hall–Kier alpha value is -2.52. The lowest BCUT2D eigenvalue weighted by Crippen LogP contribution is -2.41. The number of hydrogen-bond donors (Lipinski definition) is 0. The molecule has 1 aliphatic rings. The quantitative estimate of drug-likeness (QED) is 0.197. The summed E-state index contributed by atoms with van der Waals surface area (Å²) < 4.78 is 38.7. The van der Waals surface area contributed by atoms with Crippen LogP contribution in [0.15, 0.2) is 70.1 Å². The first kappa shape index (κ1) is 29.5. The molecule has 0 radical (unpaired) electrons. The number of rotatable bonds is 13. The number of hydrogen-bond acceptors (Lipinski definition) is 5. The number of ether oxygens (including phenoxy) is 1. The summed E-state index contributed by atoms with van der Waals surface area (Å²) in [6, 6.07) is 17.5. The van der Waals surface area contributed by atoms with Crippen molar-refractivity contribution in [2.45, 2.75) is 62.5 Å². The van der Waals surface area contributed by atoms with E-state index in [2.05, 4.69) is 44.4 Å². The van der Waals surface area contributed by atoms with E-state index in [4.69, 9.17) is 14.1 Å². The van der Waals surface area contributed by atoms with Crippen molar-refractivity contribution in [1.82, 2.24) is 9.29 Å². The van der Waals surface area contributed by atoms with Gasteiger partial charge in [0.05, 0.1) is 44.3 Å². The van der Waals surface area contributed by atoms with Gasteiger partial charge in [0, 0.05) is 14.1 Å². The summed E-state index contributed by atoms with van der Waals surface area (Å²) in [6.07, 6.45) is 9.63. The van der Waals surface area contributed by atoms with Crippen LogP contribution >= 0.6 is 0 Å². The molecule has 1 aliphatic carbocycles. The van der Waals surface area contributed by atoms with E-state index in [1.807, 2.05) is 18.3 Å². The highest BCUT2D eigenvalue weighted by Gasteiger charge is 2.27. The third-order valence-corrected chi connectivity index (χ3v) is 9.59. The molecule has 1 aromatic heterocycles. The maximum absolute atomic E-state index is 12.2. The number of aromatic nitrogens is 1. The lowest BCUT2D eigenvalue weighted by molar-refractivity contribution is -0.905. The second-order valence-electron chi connectivity index (χ2n) is 11.7. The molecule has 1 saturated carbocycles. The SMILES string of the molecule is CN(C)S(=O)(=O)c1ccc(COCC[N+](C)(C)Cc2cnc(C(CC3CCCCC3)c3ccccc3)o2)cc1. The molecule has 212 valence electrons. The predicted molar refractivity (Wildman–Crippen MR) is 154 cm³/mol. The van der Waals surface area contributed by atoms with E-state index >= 15 is 0 Å². The zero-order chi connectivity index (χ0) is 27.9. The predicted octanol–water partition coefficient (Wildman–Crippen LogP) is 5.82. The van der Waals surface area contributed by atoms with E-state index in [0.29, 0.717) is 17.7 Å². The van der Waals surface area contributed by atoms with Gasteiger partial charge in [0.25, 0.3) is 0 Å². The van der Waals surface area contributed by atoms with E-state index in [1.54, 1.807) is 12.1 Å². The summed E-state index contributed by atoms with van der Waals surface area (Å²) in [5, 5.41) is 0. The van der Waals surface area contributed by atoms with Crippen molar-refractivity contribution in [3.63, 3.8) is 0 Å². The van der Waals surface area contributed by atoms with Crippen LogP contribution in [0.2, 0.25) is 0 Å². The van der Waals surface area contributed by atoms with Crippen LogP contribution in [0, 0.1) is 5.92 Å². The third kappa shape index (κ3) is 8.24. The lowest BCUT2D eigenvalue weighted by Gasteiger charge is -2.28. The Bertz CT molecular complexity index is 1260. The van der Waals surface area contributed by atoms with Gasteiger partial charge >= 0.3 is 0 Å². The maximum Gasteiger partial charge on any atom is 0.242 e. The molecule has 0 bridgehead atoms. The van der Waals surface area contributed by atoms with Gasteiger partial charge in [-0.2, -0.15) is 0 Å². The normalized spacial score (nSPS) is 16.0. The molecule has 0 spiro atoms. The smallest absolute Gasteiger partial charge is 0.242 e. The summed E-state index contributed by atoms with van der Waals surface area (Å²) in [4.78, 5) is 5.05. The van der Waals surface area contributed by atoms with Gasteiger partial charge < -0.3 is 13.6 Å². The Balaban J connectivity index is 1.31. The molecule has 2 aromatic carbocycles. The molecule has 0 amide bonds. The fourth-order valence-electron chi connectivity index (χ4n) is 5.35. The number of benzene rings is 2. The van der Waals surface area contributed by atoms with Crippen LogP contribution in [0.25, 0.3) is 0 Å². The van der Waals surface area contributed by atoms with Crippen molar-refractivity contribution in [2.75, 3.05) is 41.3 Å². The minimum absolute atomic E-state index is 0.195. The third-order valence-electron chi connectivity index (χ3n) is 7.76. The highest BCUT2D eigenvalue weighted by atomic mass is 32.2. The lowest BCUT2D eigenvalue weighted by atomic mass is 9.80. The van der Waals surface area contributed by atoms with Crippen LogP contribution in [-0.4, -0.2) is 63.5 Å². The monoisotopic (exact) mass is 554 g/mol. The summed E-state index contributed by atoms with van der Waals surface area (Å²) in [7, 11) is 3.99. The van der Waals surface area contributed by atoms with Crippen molar-refractivity contribution in [3.05, 3.63) is 83.6 Å². The highest BCUT2D eigenvalue weighted by molar-refractivity contribution is 7.89. The maximum atomic E-state index is 12.2. The molecule has 1 atom stereocenters. The van der Waals surface area contributed by atoms with Crippen molar-refractivity contribution in [3.8, 4) is 0 Å². The van der Waals surface area contributed by atoms with Crippen LogP contribution < -0.4 is 0 Å². The Morgan fingerprint density at radius 3 is 2.38 bits per heavy atom. The number of oxazole rings is 1. The van der Waals surface area contributed by atoms with Gasteiger partial charge in [0.1, 0.15) is 13.1 Å². The van der Waals surface area contributed by atoms with Crippen LogP contribution in [0.5, 0.6) is 0 Å². The van der Waals surface area contributed by atoms with Gasteiger partial charge in [-0.25, -0.2) is 17.7 Å². The van der Waals surface area contributed by atoms with Crippen molar-refractivity contribution >= 4 is 10.0 Å². The van der Waals surface area contributed by atoms with Crippen LogP contribution in [-0.2, 0) is 27.9 Å². The van der Waals surface area contributed by atoms with Gasteiger partial charge in [-0.15, -0.1) is 0 Å². The summed E-state index contributed by atoms with van der Waals surface area (Å²) in [5.74, 6) is 2.66. The number of nitrogens with zero attached hydrogens (tertiary/aromatic N) is 3. The van der Waals surface area contributed by atoms with Gasteiger partial charge in [-0.1, -0.05) is 74.6 Å². The first-order chi connectivity index (χ1) is 18.6. The van der Waals surface area contributed by atoms with E-state index < -0.39 is 10.0 Å². The van der Waals surface area contributed by atoms with Crippen LogP contribution in [0.4, 0.5) is 0 Å². The van der Waals surface area contributed by atoms with Gasteiger partial charge in [0.2, 0.25) is 15.9 Å². The summed E-state index contributed by atoms with van der Waals surface area (Å²) in [6.45, 7) is 2.57. The van der Waals surface area contributed by atoms with Gasteiger partial charge in [-0.05, 0) is 35.6 Å². The van der Waals surface area contributed by atoms with Crippen LogP contribution in [0.3, 0.4) is 0 Å². The molecule has 1 fully saturated rings.